The molecule has 0 bridgehead atoms. The lowest BCUT2D eigenvalue weighted by Gasteiger charge is -2.14. The molecule has 0 amide bonds. The number of rotatable bonds is 8. The average molecular weight is 583 g/mol. The lowest BCUT2D eigenvalue weighted by molar-refractivity contribution is 0.510. The molecule has 4 aromatic rings. The fourth-order valence-electron chi connectivity index (χ4n) is 3.15. The number of halogens is 2. The summed E-state index contributed by atoms with van der Waals surface area (Å²) in [5.41, 5.74) is 1.80. The van der Waals surface area contributed by atoms with Gasteiger partial charge in [0.25, 0.3) is 25.9 Å². The zero-order chi connectivity index (χ0) is 27.0. The van der Waals surface area contributed by atoms with Crippen molar-refractivity contribution in [2.75, 3.05) is 14.9 Å². The second-order valence-corrected chi connectivity index (χ2v) is 12.1. The van der Waals surface area contributed by atoms with Crippen LogP contribution in [0.2, 0.25) is 10.0 Å². The SMILES string of the molecule is Cc1ccc(S(=O)(=O)Nc2oc(=O)n(NS(=O)(=O)c3ccc(C)cc3)c2Nc2cc(Cl)ccc2Cl)cc1. The molecular formula is C23H20Cl2N4O6S2. The summed E-state index contributed by atoms with van der Waals surface area (Å²) in [6, 6.07) is 16.2. The largest absolute Gasteiger partial charge is 0.442 e. The summed E-state index contributed by atoms with van der Waals surface area (Å²) in [7, 11) is -8.54. The summed E-state index contributed by atoms with van der Waals surface area (Å²) in [5, 5.41) is 3.16. The van der Waals surface area contributed by atoms with Gasteiger partial charge in [0.05, 0.1) is 20.5 Å². The van der Waals surface area contributed by atoms with E-state index in [1.54, 1.807) is 38.1 Å². The van der Waals surface area contributed by atoms with Gasteiger partial charge in [-0.15, -0.1) is 0 Å². The first-order valence-corrected chi connectivity index (χ1v) is 14.2. The molecular weight excluding hydrogens is 563 g/mol. The van der Waals surface area contributed by atoms with Crippen molar-refractivity contribution in [3.05, 3.63) is 98.5 Å². The Morgan fingerprint density at radius 3 is 1.89 bits per heavy atom. The topological polar surface area (TPSA) is 140 Å². The predicted molar refractivity (Wildman–Crippen MR) is 142 cm³/mol. The Labute approximate surface area is 222 Å². The van der Waals surface area contributed by atoms with E-state index in [1.165, 1.54) is 42.5 Å². The van der Waals surface area contributed by atoms with Crippen LogP contribution in [0.1, 0.15) is 11.1 Å². The van der Waals surface area contributed by atoms with Crippen LogP contribution in [0.15, 0.2) is 85.7 Å². The van der Waals surface area contributed by atoms with Gasteiger partial charge in [0.15, 0.2) is 5.82 Å². The quantitative estimate of drug-likeness (QED) is 0.270. The van der Waals surface area contributed by atoms with E-state index < -0.39 is 31.7 Å². The first-order chi connectivity index (χ1) is 17.4. The van der Waals surface area contributed by atoms with Crippen LogP contribution < -0.4 is 20.6 Å². The number of aromatic nitrogens is 1. The number of hydrogen-bond donors (Lipinski definition) is 3. The Morgan fingerprint density at radius 1 is 0.784 bits per heavy atom. The zero-order valence-corrected chi connectivity index (χ0v) is 22.5. The maximum absolute atomic E-state index is 13.0. The third-order valence-electron chi connectivity index (χ3n) is 5.09. The molecule has 194 valence electrons. The molecule has 1 heterocycles. The van der Waals surface area contributed by atoms with Crippen LogP contribution >= 0.6 is 23.2 Å². The smallest absolute Gasteiger partial charge is 0.387 e. The van der Waals surface area contributed by atoms with E-state index in [2.05, 4.69) is 14.9 Å². The van der Waals surface area contributed by atoms with E-state index in [9.17, 15) is 21.6 Å². The number of oxazole rings is 1. The van der Waals surface area contributed by atoms with Gasteiger partial charge in [-0.2, -0.15) is 13.1 Å². The lowest BCUT2D eigenvalue weighted by Crippen LogP contribution is -2.31. The monoisotopic (exact) mass is 582 g/mol. The van der Waals surface area contributed by atoms with Crippen LogP contribution in [0.5, 0.6) is 0 Å². The standard InChI is InChI=1S/C23H20Cl2N4O6S2/c1-14-3-8-17(9-4-14)36(31,32)27-22-21(26-20-13-16(24)7-12-19(20)25)29(23(30)35-22)28-37(33,34)18-10-5-15(2)6-11-18/h3-13,26-28H,1-2H3. The molecule has 0 aliphatic rings. The van der Waals surface area contributed by atoms with Gasteiger partial charge in [-0.25, -0.2) is 22.8 Å². The second kappa shape index (κ2) is 10.1. The van der Waals surface area contributed by atoms with Gasteiger partial charge in [-0.05, 0) is 56.3 Å². The predicted octanol–water partition coefficient (Wildman–Crippen LogP) is 4.84. The minimum absolute atomic E-state index is 0.111. The summed E-state index contributed by atoms with van der Waals surface area (Å²) < 4.78 is 59.8. The first-order valence-electron chi connectivity index (χ1n) is 10.5. The molecule has 1 aromatic heterocycles. The highest BCUT2D eigenvalue weighted by atomic mass is 35.5. The average Bonchev–Trinajstić information content (AvgIpc) is 3.09. The normalized spacial score (nSPS) is 11.8. The van der Waals surface area contributed by atoms with Crippen molar-refractivity contribution in [1.82, 2.24) is 4.68 Å². The molecule has 0 saturated heterocycles. The number of sulfonamides is 2. The van der Waals surface area contributed by atoms with E-state index in [-0.39, 0.29) is 31.3 Å². The van der Waals surface area contributed by atoms with Gasteiger partial charge in [-0.3, -0.25) is 0 Å². The Kier molecular flexibility index (Phi) is 7.29. The van der Waals surface area contributed by atoms with Gasteiger partial charge < -0.3 is 9.73 Å². The van der Waals surface area contributed by atoms with Crippen molar-refractivity contribution in [3.8, 4) is 0 Å². The molecule has 0 aliphatic carbocycles. The van der Waals surface area contributed by atoms with Crippen LogP contribution in [0.3, 0.4) is 0 Å². The zero-order valence-electron chi connectivity index (χ0n) is 19.3. The van der Waals surface area contributed by atoms with Gasteiger partial charge >= 0.3 is 5.76 Å². The molecule has 0 unspecified atom stereocenters. The molecule has 3 N–H and O–H groups in total. The van der Waals surface area contributed by atoms with Crippen molar-refractivity contribution >= 4 is 60.6 Å². The highest BCUT2D eigenvalue weighted by Crippen LogP contribution is 2.32. The number of benzene rings is 3. The molecule has 10 nitrogen and oxygen atoms in total. The van der Waals surface area contributed by atoms with Gasteiger partial charge in [0, 0.05) is 5.02 Å². The Morgan fingerprint density at radius 2 is 1.32 bits per heavy atom. The molecule has 0 atom stereocenters. The van der Waals surface area contributed by atoms with E-state index >= 15 is 0 Å². The number of hydrogen-bond acceptors (Lipinski definition) is 7. The summed E-state index contributed by atoms with van der Waals surface area (Å²) >= 11 is 12.3. The van der Waals surface area contributed by atoms with E-state index in [4.69, 9.17) is 27.6 Å². The van der Waals surface area contributed by atoms with Crippen LogP contribution in [0.4, 0.5) is 17.4 Å². The molecule has 0 saturated carbocycles. The first kappa shape index (κ1) is 26.6. The lowest BCUT2D eigenvalue weighted by atomic mass is 10.2. The summed E-state index contributed by atoms with van der Waals surface area (Å²) in [5.74, 6) is -2.20. The Balaban J connectivity index is 1.81. The van der Waals surface area contributed by atoms with E-state index in [0.29, 0.717) is 4.68 Å². The van der Waals surface area contributed by atoms with Crippen molar-refractivity contribution in [2.24, 2.45) is 0 Å². The second-order valence-electron chi connectivity index (χ2n) is 7.96. The molecule has 37 heavy (non-hydrogen) atoms. The molecule has 14 heteroatoms. The minimum Gasteiger partial charge on any atom is -0.387 e. The van der Waals surface area contributed by atoms with Crippen LogP contribution in [0.25, 0.3) is 0 Å². The van der Waals surface area contributed by atoms with Gasteiger partial charge in [0.1, 0.15) is 0 Å². The summed E-state index contributed by atoms with van der Waals surface area (Å²) in [6.45, 7) is 3.58. The van der Waals surface area contributed by atoms with Crippen molar-refractivity contribution in [1.29, 1.82) is 0 Å². The summed E-state index contributed by atoms with van der Waals surface area (Å²) in [4.78, 5) is 14.6. The minimum atomic E-state index is -4.30. The molecule has 0 spiro atoms. The fourth-order valence-corrected chi connectivity index (χ4v) is 5.49. The molecule has 3 aromatic carbocycles. The Bertz CT molecular complexity index is 1730. The third kappa shape index (κ3) is 5.93. The van der Waals surface area contributed by atoms with Gasteiger partial charge in [0.2, 0.25) is 0 Å². The number of aryl methyl sites for hydroxylation is 2. The number of nitrogens with one attached hydrogen (secondary N) is 3. The molecule has 4 rings (SSSR count). The maximum Gasteiger partial charge on any atom is 0.442 e. The van der Waals surface area contributed by atoms with E-state index in [1.807, 2.05) is 0 Å². The van der Waals surface area contributed by atoms with Crippen LogP contribution in [-0.2, 0) is 20.0 Å². The highest BCUT2D eigenvalue weighted by Gasteiger charge is 2.27. The van der Waals surface area contributed by atoms with Crippen LogP contribution in [0, 0.1) is 13.8 Å². The Hall–Kier alpha value is -3.45. The molecule has 0 radical (unpaired) electrons. The van der Waals surface area contributed by atoms with Crippen molar-refractivity contribution in [3.63, 3.8) is 0 Å². The molecule has 0 fully saturated rings. The fraction of sp³-hybridized carbons (Fsp3) is 0.0870. The highest BCUT2D eigenvalue weighted by molar-refractivity contribution is 7.93. The molecule has 0 aliphatic heterocycles. The van der Waals surface area contributed by atoms with Crippen LogP contribution in [-0.4, -0.2) is 21.5 Å². The maximum atomic E-state index is 13.0. The van der Waals surface area contributed by atoms with Crippen molar-refractivity contribution in [2.45, 2.75) is 23.6 Å². The van der Waals surface area contributed by atoms with E-state index in [0.717, 1.165) is 11.1 Å². The number of anilines is 3. The van der Waals surface area contributed by atoms with Crippen molar-refractivity contribution < 1.29 is 21.3 Å². The third-order valence-corrected chi connectivity index (χ3v) is 8.32. The van der Waals surface area contributed by atoms with Gasteiger partial charge in [-0.1, -0.05) is 58.6 Å². The number of nitrogens with zero attached hydrogens (tertiary/aromatic N) is 1. The summed E-state index contributed by atoms with van der Waals surface area (Å²) in [6.07, 6.45) is 0.